The second-order valence-electron chi connectivity index (χ2n) is 6.41. The number of amides is 1. The summed E-state index contributed by atoms with van der Waals surface area (Å²) >= 11 is 1.60. The molecule has 1 heterocycles. The quantitative estimate of drug-likeness (QED) is 0.768. The van der Waals surface area contributed by atoms with E-state index in [1.807, 2.05) is 6.92 Å². The number of nitrogen functional groups attached to an aromatic ring is 1. The van der Waals surface area contributed by atoms with Gasteiger partial charge in [-0.25, -0.2) is 9.18 Å². The number of halogens is 1. The SMILES string of the molecule is CC1SCC(c2cc(N)ccc2F)N=C1NC(=O)OC(C)(C)C. The maximum atomic E-state index is 14.0. The number of hydrogen-bond donors (Lipinski definition) is 2. The number of amidine groups is 1. The van der Waals surface area contributed by atoms with E-state index in [0.717, 1.165) is 0 Å². The van der Waals surface area contributed by atoms with Gasteiger partial charge in [0.05, 0.1) is 11.3 Å². The van der Waals surface area contributed by atoms with Crippen LogP contribution in [0.25, 0.3) is 0 Å². The Labute approximate surface area is 139 Å². The summed E-state index contributed by atoms with van der Waals surface area (Å²) in [5, 5.41) is 2.68. The number of hydrogen-bond acceptors (Lipinski definition) is 5. The zero-order valence-corrected chi connectivity index (χ0v) is 14.5. The Morgan fingerprint density at radius 2 is 2.17 bits per heavy atom. The van der Waals surface area contributed by atoms with Crippen molar-refractivity contribution in [3.8, 4) is 0 Å². The lowest BCUT2D eigenvalue weighted by Crippen LogP contribution is -2.42. The third kappa shape index (κ3) is 4.86. The fourth-order valence-corrected chi connectivity index (χ4v) is 3.15. The molecule has 0 aromatic heterocycles. The first kappa shape index (κ1) is 17.6. The van der Waals surface area contributed by atoms with Crippen molar-refractivity contribution in [2.75, 3.05) is 11.5 Å². The Morgan fingerprint density at radius 3 is 2.83 bits per heavy atom. The standard InChI is InChI=1S/C16H22FN3O2S/c1-9-14(20-15(21)22-16(2,3)4)19-13(8-23-9)11-7-10(18)5-6-12(11)17/h5-7,9,13H,8,18H2,1-4H3,(H,19,20,21). The highest BCUT2D eigenvalue weighted by Gasteiger charge is 2.27. The van der Waals surface area contributed by atoms with Crippen molar-refractivity contribution in [3.05, 3.63) is 29.6 Å². The van der Waals surface area contributed by atoms with Crippen molar-refractivity contribution in [3.63, 3.8) is 0 Å². The topological polar surface area (TPSA) is 76.7 Å². The largest absolute Gasteiger partial charge is 0.444 e. The molecule has 7 heteroatoms. The molecule has 5 nitrogen and oxygen atoms in total. The average molecular weight is 339 g/mol. The van der Waals surface area contributed by atoms with Gasteiger partial charge < -0.3 is 10.5 Å². The van der Waals surface area contributed by atoms with Crippen molar-refractivity contribution in [2.24, 2.45) is 4.99 Å². The van der Waals surface area contributed by atoms with Crippen LogP contribution >= 0.6 is 11.8 Å². The number of thioether (sulfide) groups is 1. The van der Waals surface area contributed by atoms with Crippen LogP contribution in [0.5, 0.6) is 0 Å². The molecule has 0 bridgehead atoms. The molecule has 1 aliphatic rings. The van der Waals surface area contributed by atoms with Crippen molar-refractivity contribution in [1.29, 1.82) is 0 Å². The fourth-order valence-electron chi connectivity index (χ4n) is 2.14. The highest BCUT2D eigenvalue weighted by atomic mass is 32.2. The number of rotatable bonds is 1. The van der Waals surface area contributed by atoms with E-state index in [2.05, 4.69) is 10.3 Å². The smallest absolute Gasteiger partial charge is 0.413 e. The van der Waals surface area contributed by atoms with Crippen molar-refractivity contribution in [2.45, 2.75) is 44.6 Å². The van der Waals surface area contributed by atoms with E-state index in [1.54, 1.807) is 38.6 Å². The summed E-state index contributed by atoms with van der Waals surface area (Å²) in [5.74, 6) is 0.767. The van der Waals surface area contributed by atoms with E-state index in [1.165, 1.54) is 12.1 Å². The van der Waals surface area contributed by atoms with E-state index in [4.69, 9.17) is 10.5 Å². The van der Waals surface area contributed by atoms with Gasteiger partial charge in [0.25, 0.3) is 0 Å². The molecule has 1 aromatic rings. The molecule has 1 amide bonds. The molecular weight excluding hydrogens is 317 g/mol. The molecule has 2 rings (SSSR count). The minimum Gasteiger partial charge on any atom is -0.444 e. The minimum atomic E-state index is -0.588. The molecule has 0 saturated heterocycles. The number of anilines is 1. The zero-order valence-electron chi connectivity index (χ0n) is 13.7. The van der Waals surface area contributed by atoms with E-state index < -0.39 is 11.7 Å². The number of alkyl carbamates (subject to hydrolysis) is 1. The first-order valence-electron chi connectivity index (χ1n) is 7.40. The molecule has 0 spiro atoms. The van der Waals surface area contributed by atoms with Gasteiger partial charge in [0.15, 0.2) is 0 Å². The molecule has 3 N–H and O–H groups in total. The van der Waals surface area contributed by atoms with Gasteiger partial charge in [-0.2, -0.15) is 0 Å². The molecule has 0 saturated carbocycles. The Hall–Kier alpha value is -1.76. The summed E-state index contributed by atoms with van der Waals surface area (Å²) in [5.41, 5.74) is 6.07. The minimum absolute atomic E-state index is 0.00267. The molecule has 23 heavy (non-hydrogen) atoms. The third-order valence-electron chi connectivity index (χ3n) is 3.19. The number of nitrogens with zero attached hydrogens (tertiary/aromatic N) is 1. The van der Waals surface area contributed by atoms with E-state index in [-0.39, 0.29) is 17.1 Å². The lowest BCUT2D eigenvalue weighted by atomic mass is 10.1. The number of nitrogens with two attached hydrogens (primary N) is 1. The summed E-state index contributed by atoms with van der Waals surface area (Å²) in [6.45, 7) is 7.31. The van der Waals surface area contributed by atoms with Crippen LogP contribution in [0.1, 0.15) is 39.3 Å². The van der Waals surface area contributed by atoms with Gasteiger partial charge >= 0.3 is 6.09 Å². The summed E-state index contributed by atoms with van der Waals surface area (Å²) in [6.07, 6.45) is -0.558. The van der Waals surface area contributed by atoms with Crippen LogP contribution in [0.2, 0.25) is 0 Å². The van der Waals surface area contributed by atoms with Gasteiger partial charge in [-0.3, -0.25) is 10.3 Å². The van der Waals surface area contributed by atoms with Crippen LogP contribution in [-0.2, 0) is 4.74 Å². The molecular formula is C16H22FN3O2S. The number of benzene rings is 1. The highest BCUT2D eigenvalue weighted by Crippen LogP contribution is 2.32. The number of carbonyl (C=O) groups is 1. The predicted octanol–water partition coefficient (Wildman–Crippen LogP) is 3.51. The first-order valence-corrected chi connectivity index (χ1v) is 8.45. The van der Waals surface area contributed by atoms with Gasteiger partial charge in [0.1, 0.15) is 17.3 Å². The first-order chi connectivity index (χ1) is 10.7. The molecule has 0 radical (unpaired) electrons. The lowest BCUT2D eigenvalue weighted by Gasteiger charge is -2.27. The highest BCUT2D eigenvalue weighted by molar-refractivity contribution is 8.00. The van der Waals surface area contributed by atoms with Crippen LogP contribution in [-0.4, -0.2) is 28.5 Å². The van der Waals surface area contributed by atoms with Gasteiger partial charge in [-0.05, 0) is 45.9 Å². The molecule has 0 fully saturated rings. The van der Waals surface area contributed by atoms with Crippen LogP contribution in [0.15, 0.2) is 23.2 Å². The zero-order chi connectivity index (χ0) is 17.2. The van der Waals surface area contributed by atoms with Crippen LogP contribution in [0.3, 0.4) is 0 Å². The molecule has 1 aromatic carbocycles. The summed E-state index contributed by atoms with van der Waals surface area (Å²) in [4.78, 5) is 16.4. The maximum Gasteiger partial charge on any atom is 0.413 e. The van der Waals surface area contributed by atoms with Gasteiger partial charge in [-0.15, -0.1) is 11.8 Å². The Balaban J connectivity index is 2.20. The average Bonchev–Trinajstić information content (AvgIpc) is 2.42. The monoisotopic (exact) mass is 339 g/mol. The molecule has 2 unspecified atom stereocenters. The summed E-state index contributed by atoms with van der Waals surface area (Å²) in [6, 6.07) is 4.06. The predicted molar refractivity (Wildman–Crippen MR) is 92.3 cm³/mol. The van der Waals surface area contributed by atoms with E-state index in [9.17, 15) is 9.18 Å². The molecule has 0 aliphatic carbocycles. The van der Waals surface area contributed by atoms with E-state index >= 15 is 0 Å². The number of aliphatic imine (C=N–C) groups is 1. The fraction of sp³-hybridized carbons (Fsp3) is 0.500. The second-order valence-corrected chi connectivity index (χ2v) is 7.79. The summed E-state index contributed by atoms with van der Waals surface area (Å²) < 4.78 is 19.3. The van der Waals surface area contributed by atoms with Gasteiger partial charge in [0, 0.05) is 17.0 Å². The molecule has 126 valence electrons. The Kier molecular flexibility index (Phi) is 5.19. The molecule has 1 aliphatic heterocycles. The van der Waals surface area contributed by atoms with Gasteiger partial charge in [-0.1, -0.05) is 0 Å². The van der Waals surface area contributed by atoms with Crippen LogP contribution in [0, 0.1) is 5.82 Å². The summed E-state index contributed by atoms with van der Waals surface area (Å²) in [7, 11) is 0. The normalized spacial score (nSPS) is 21.5. The number of carbonyl (C=O) groups excluding carboxylic acids is 1. The van der Waals surface area contributed by atoms with Crippen LogP contribution in [0.4, 0.5) is 14.9 Å². The van der Waals surface area contributed by atoms with Gasteiger partial charge in [0.2, 0.25) is 0 Å². The lowest BCUT2D eigenvalue weighted by molar-refractivity contribution is 0.0562. The third-order valence-corrected chi connectivity index (χ3v) is 4.42. The second kappa shape index (κ2) is 6.78. The Morgan fingerprint density at radius 1 is 1.48 bits per heavy atom. The number of ether oxygens (including phenoxy) is 1. The molecule has 2 atom stereocenters. The van der Waals surface area contributed by atoms with Crippen molar-refractivity contribution < 1.29 is 13.9 Å². The van der Waals surface area contributed by atoms with Crippen LogP contribution < -0.4 is 11.1 Å². The van der Waals surface area contributed by atoms with Crippen molar-refractivity contribution >= 4 is 29.4 Å². The van der Waals surface area contributed by atoms with Crippen molar-refractivity contribution in [1.82, 2.24) is 5.32 Å². The maximum absolute atomic E-state index is 14.0. The number of nitrogens with one attached hydrogen (secondary N) is 1. The Bertz CT molecular complexity index is 628. The van der Waals surface area contributed by atoms with E-state index in [0.29, 0.717) is 22.8 Å².